The number of hydrogen-bond acceptors (Lipinski definition) is 7. The Morgan fingerprint density at radius 2 is 1.71 bits per heavy atom. The smallest absolute Gasteiger partial charge is 0.300 e. The van der Waals surface area contributed by atoms with Crippen LogP contribution < -0.4 is 5.32 Å². The van der Waals surface area contributed by atoms with Gasteiger partial charge >= 0.3 is 0 Å². The van der Waals surface area contributed by atoms with Gasteiger partial charge in [-0.25, -0.2) is 0 Å². The third-order valence-electron chi connectivity index (χ3n) is 5.67. The van der Waals surface area contributed by atoms with Crippen LogP contribution in [0.1, 0.15) is 51.1 Å². The number of morpholine rings is 1. The van der Waals surface area contributed by atoms with E-state index in [1.165, 1.54) is 0 Å². The summed E-state index contributed by atoms with van der Waals surface area (Å²) in [5.41, 5.74) is 0.865. The molecular weight excluding hydrogens is 444 g/mol. The van der Waals surface area contributed by atoms with Crippen LogP contribution in [0.4, 0.5) is 0 Å². The summed E-state index contributed by atoms with van der Waals surface area (Å²) in [5.74, 6) is -1.74. The molecule has 0 radical (unpaired) electrons. The molecule has 0 spiro atoms. The maximum Gasteiger partial charge on any atom is 0.300 e. The lowest BCUT2D eigenvalue weighted by Gasteiger charge is -2.43. The molecule has 1 aliphatic carbocycles. The molecule has 34 heavy (non-hydrogen) atoms. The van der Waals surface area contributed by atoms with Crippen molar-refractivity contribution >= 4 is 23.8 Å². The predicted molar refractivity (Wildman–Crippen MR) is 122 cm³/mol. The molecule has 188 valence electrons. The number of hydrogen-bond donors (Lipinski definition) is 3. The molecule has 3 heterocycles. The van der Waals surface area contributed by atoms with Gasteiger partial charge in [-0.2, -0.15) is 0 Å². The number of carboxylic acid groups (broad SMARTS) is 2. The van der Waals surface area contributed by atoms with Crippen molar-refractivity contribution in [3.05, 3.63) is 30.1 Å². The molecule has 0 aromatic carbocycles. The molecule has 1 aromatic heterocycles. The monoisotopic (exact) mass is 478 g/mol. The summed E-state index contributed by atoms with van der Waals surface area (Å²) in [7, 11) is 1.86. The summed E-state index contributed by atoms with van der Waals surface area (Å²) in [6, 6.07) is 3.82. The lowest BCUT2D eigenvalue weighted by molar-refractivity contribution is -0.171. The highest BCUT2D eigenvalue weighted by Gasteiger charge is 2.48. The number of aromatic nitrogens is 1. The quantitative estimate of drug-likeness (QED) is 0.574. The summed E-state index contributed by atoms with van der Waals surface area (Å²) >= 11 is 0. The van der Waals surface area contributed by atoms with E-state index in [1.54, 1.807) is 12.4 Å². The van der Waals surface area contributed by atoms with Gasteiger partial charge in [0.25, 0.3) is 17.8 Å². The highest BCUT2D eigenvalue weighted by Crippen LogP contribution is 2.39. The van der Waals surface area contributed by atoms with Crippen LogP contribution in [-0.2, 0) is 23.9 Å². The van der Waals surface area contributed by atoms with E-state index < -0.39 is 24.1 Å². The minimum absolute atomic E-state index is 0.0241. The molecule has 11 nitrogen and oxygen atoms in total. The maximum atomic E-state index is 13.3. The minimum atomic E-state index is -0.833. The first-order valence-corrected chi connectivity index (χ1v) is 11.3. The molecule has 3 N–H and O–H groups in total. The topological polar surface area (TPSA) is 149 Å². The second-order valence-electron chi connectivity index (χ2n) is 8.46. The molecule has 2 amide bonds. The van der Waals surface area contributed by atoms with E-state index in [1.807, 2.05) is 29.0 Å². The molecule has 0 unspecified atom stereocenters. The Morgan fingerprint density at radius 1 is 1.12 bits per heavy atom. The van der Waals surface area contributed by atoms with E-state index in [9.17, 15) is 9.59 Å². The summed E-state index contributed by atoms with van der Waals surface area (Å²) < 4.78 is 5.81. The molecule has 3 aliphatic rings. The lowest BCUT2D eigenvalue weighted by Crippen LogP contribution is -2.57. The highest BCUT2D eigenvalue weighted by molar-refractivity contribution is 5.87. The van der Waals surface area contributed by atoms with Gasteiger partial charge in [0.05, 0.1) is 6.04 Å². The Bertz CT molecular complexity index is 821. The first kappa shape index (κ1) is 27.2. The molecule has 1 saturated carbocycles. The van der Waals surface area contributed by atoms with Gasteiger partial charge in [0.15, 0.2) is 6.10 Å². The predicted octanol–water partition coefficient (Wildman–Crippen LogP) is 0.905. The molecular formula is C23H34N4O7. The number of likely N-dealkylation sites (N-methyl/N-ethyl adjacent to an activating group) is 1. The van der Waals surface area contributed by atoms with Gasteiger partial charge < -0.3 is 30.1 Å². The van der Waals surface area contributed by atoms with Crippen LogP contribution >= 0.6 is 0 Å². The maximum absolute atomic E-state index is 13.3. The van der Waals surface area contributed by atoms with Crippen molar-refractivity contribution < 1.29 is 34.1 Å². The van der Waals surface area contributed by atoms with Crippen molar-refractivity contribution in [3.63, 3.8) is 0 Å². The zero-order chi connectivity index (χ0) is 25.3. The van der Waals surface area contributed by atoms with E-state index in [-0.39, 0.29) is 30.5 Å². The Hall–Kier alpha value is -3.05. The second-order valence-corrected chi connectivity index (χ2v) is 8.46. The number of rotatable bonds is 4. The van der Waals surface area contributed by atoms with Crippen LogP contribution in [0, 0.1) is 0 Å². The molecule has 11 heteroatoms. The first-order valence-electron chi connectivity index (χ1n) is 11.3. The standard InChI is InChI=1S/C19H26N4O3.2C2H4O2/c1-22(14-6-9-20-10-7-14)19(25)18-17(13-3-2-8-21-11-13)23(15-4-5-15)16(24)12-26-18;2*1-2(3)4/h2-3,8,11,14-15,17-18,20H,4-7,9-10,12H2,1H3;2*1H3,(H,3,4)/t17-,18+;;/m1../s1. The van der Waals surface area contributed by atoms with Crippen LogP contribution in [-0.4, -0.2) is 93.7 Å². The van der Waals surface area contributed by atoms with Crippen LogP contribution in [0.15, 0.2) is 24.5 Å². The fourth-order valence-corrected chi connectivity index (χ4v) is 4.08. The third kappa shape index (κ3) is 8.07. The number of aliphatic carboxylic acids is 2. The molecule has 3 fully saturated rings. The number of carbonyl (C=O) groups excluding carboxylic acids is 2. The van der Waals surface area contributed by atoms with Gasteiger partial charge in [0.1, 0.15) is 6.61 Å². The molecule has 2 saturated heterocycles. The van der Waals surface area contributed by atoms with Crippen LogP contribution in [0.3, 0.4) is 0 Å². The van der Waals surface area contributed by atoms with E-state index in [0.29, 0.717) is 0 Å². The van der Waals surface area contributed by atoms with E-state index in [2.05, 4.69) is 10.3 Å². The van der Waals surface area contributed by atoms with Gasteiger partial charge in [-0.15, -0.1) is 0 Å². The Balaban J connectivity index is 0.000000446. The number of piperidine rings is 1. The molecule has 0 bridgehead atoms. The van der Waals surface area contributed by atoms with Crippen molar-refractivity contribution in [1.29, 1.82) is 0 Å². The van der Waals surface area contributed by atoms with Crippen LogP contribution in [0.2, 0.25) is 0 Å². The average molecular weight is 479 g/mol. The van der Waals surface area contributed by atoms with Crippen molar-refractivity contribution in [1.82, 2.24) is 20.1 Å². The van der Waals surface area contributed by atoms with Crippen molar-refractivity contribution in [2.45, 2.75) is 63.8 Å². The van der Waals surface area contributed by atoms with Gasteiger partial charge in [0, 0.05) is 45.4 Å². The zero-order valence-corrected chi connectivity index (χ0v) is 19.8. The second kappa shape index (κ2) is 13.0. The summed E-state index contributed by atoms with van der Waals surface area (Å²) in [4.78, 5) is 51.7. The third-order valence-corrected chi connectivity index (χ3v) is 5.67. The number of carboxylic acids is 2. The zero-order valence-electron chi connectivity index (χ0n) is 19.8. The average Bonchev–Trinajstić information content (AvgIpc) is 3.63. The highest BCUT2D eigenvalue weighted by atomic mass is 16.5. The normalized spacial score (nSPS) is 22.4. The number of ether oxygens (including phenoxy) is 1. The molecule has 4 rings (SSSR count). The van der Waals surface area contributed by atoms with Crippen molar-refractivity contribution in [3.8, 4) is 0 Å². The largest absolute Gasteiger partial charge is 0.481 e. The van der Waals surface area contributed by atoms with Gasteiger partial charge in [-0.3, -0.25) is 24.2 Å². The van der Waals surface area contributed by atoms with Gasteiger partial charge in [-0.1, -0.05) is 6.07 Å². The SMILES string of the molecule is CC(=O)O.CC(=O)O.CN(C(=O)[C@H]1OCC(=O)N(C2CC2)[C@@H]1c1cccnc1)C1CCNCC1. The van der Waals surface area contributed by atoms with E-state index >= 15 is 0 Å². The summed E-state index contributed by atoms with van der Waals surface area (Å²) in [6.07, 6.45) is 6.65. The Labute approximate surface area is 199 Å². The van der Waals surface area contributed by atoms with Crippen LogP contribution in [0.25, 0.3) is 0 Å². The number of carbonyl (C=O) groups is 4. The number of nitrogens with zero attached hydrogens (tertiary/aromatic N) is 3. The molecule has 2 atom stereocenters. The number of nitrogens with one attached hydrogen (secondary N) is 1. The Kier molecular flexibility index (Phi) is 10.4. The number of pyridine rings is 1. The van der Waals surface area contributed by atoms with Crippen molar-refractivity contribution in [2.75, 3.05) is 26.7 Å². The summed E-state index contributed by atoms with van der Waals surface area (Å²) in [6.45, 7) is 3.99. The fourth-order valence-electron chi connectivity index (χ4n) is 4.08. The van der Waals surface area contributed by atoms with Gasteiger partial charge in [-0.05, 0) is 50.4 Å². The number of amides is 2. The summed E-state index contributed by atoms with van der Waals surface area (Å²) in [5, 5.41) is 18.2. The van der Waals surface area contributed by atoms with E-state index in [4.69, 9.17) is 24.5 Å². The first-order chi connectivity index (χ1) is 16.1. The molecule has 1 aromatic rings. The Morgan fingerprint density at radius 3 is 2.21 bits per heavy atom. The van der Waals surface area contributed by atoms with E-state index in [0.717, 1.165) is 58.2 Å². The van der Waals surface area contributed by atoms with Crippen molar-refractivity contribution in [2.24, 2.45) is 0 Å². The lowest BCUT2D eigenvalue weighted by atomic mass is 9.96. The fraction of sp³-hybridized carbons (Fsp3) is 0.609. The molecule has 2 aliphatic heterocycles. The minimum Gasteiger partial charge on any atom is -0.481 e. The van der Waals surface area contributed by atoms with Crippen LogP contribution in [0.5, 0.6) is 0 Å². The van der Waals surface area contributed by atoms with Gasteiger partial charge in [0.2, 0.25) is 5.91 Å².